The normalized spacial score (nSPS) is 13.6. The smallest absolute Gasteiger partial charge is 0.242 e. The number of rotatable bonds is 6. The summed E-state index contributed by atoms with van der Waals surface area (Å²) in [5.41, 5.74) is 2.76. The number of nitrogens with two attached hydrogens (primary N) is 1. The number of likely N-dealkylation sites (N-methyl/N-ethyl adjacent to an activating group) is 1. The number of nitrogens with zero attached hydrogens (tertiary/aromatic N) is 1. The second-order valence-electron chi connectivity index (χ2n) is 4.43. The molecule has 4 N–H and O–H groups in total. The number of para-hydroxylation sites is 1. The zero-order chi connectivity index (χ0) is 13.8. The number of hydrogen-bond acceptors (Lipinski definition) is 5. The van der Waals surface area contributed by atoms with Gasteiger partial charge in [-0.25, -0.2) is 13.1 Å². The van der Waals surface area contributed by atoms with Crippen LogP contribution in [-0.2, 0) is 10.0 Å². The van der Waals surface area contributed by atoms with Gasteiger partial charge in [-0.2, -0.15) is 0 Å². The zero-order valence-corrected chi connectivity index (χ0v) is 11.7. The molecule has 0 saturated heterocycles. The lowest BCUT2D eigenvalue weighted by Gasteiger charge is -2.19. The maximum absolute atomic E-state index is 12.2. The summed E-state index contributed by atoms with van der Waals surface area (Å²) in [5.74, 6) is 5.31. The highest BCUT2D eigenvalue weighted by Gasteiger charge is 2.20. The number of hydrogen-bond donors (Lipinski definition) is 3. The average molecular weight is 272 g/mol. The predicted octanol–water partition coefficient (Wildman–Crippen LogP) is 0.201. The van der Waals surface area contributed by atoms with Gasteiger partial charge in [0.2, 0.25) is 10.0 Å². The molecule has 1 rings (SSSR count). The molecule has 0 bridgehead atoms. The van der Waals surface area contributed by atoms with E-state index in [0.29, 0.717) is 12.2 Å². The lowest BCUT2D eigenvalue weighted by Crippen LogP contribution is -2.39. The standard InChI is InChI=1S/C11H20N4O2S/c1-9(8-15(2)3)14-18(16,17)11-7-5-4-6-10(11)13-12/h4-7,9,13-14H,8,12H2,1-3H3. The first kappa shape index (κ1) is 14.9. The van der Waals surface area contributed by atoms with Crippen LogP contribution in [0.5, 0.6) is 0 Å². The lowest BCUT2D eigenvalue weighted by atomic mass is 10.3. The van der Waals surface area contributed by atoms with Crippen molar-refractivity contribution in [2.24, 2.45) is 5.84 Å². The summed E-state index contributed by atoms with van der Waals surface area (Å²) in [5, 5.41) is 0. The first-order valence-corrected chi connectivity index (χ1v) is 7.08. The maximum Gasteiger partial charge on any atom is 0.242 e. The highest BCUT2D eigenvalue weighted by Crippen LogP contribution is 2.19. The van der Waals surface area contributed by atoms with Crippen molar-refractivity contribution in [2.75, 3.05) is 26.1 Å². The van der Waals surface area contributed by atoms with Gasteiger partial charge in [0.15, 0.2) is 0 Å². The summed E-state index contributed by atoms with van der Waals surface area (Å²) in [6, 6.07) is 6.32. The third-order valence-corrected chi connectivity index (χ3v) is 3.98. The fraction of sp³-hybridized carbons (Fsp3) is 0.455. The predicted molar refractivity (Wildman–Crippen MR) is 72.6 cm³/mol. The Morgan fingerprint density at radius 1 is 1.33 bits per heavy atom. The molecule has 1 aromatic rings. The first-order valence-electron chi connectivity index (χ1n) is 5.59. The topological polar surface area (TPSA) is 87.5 Å². The van der Waals surface area contributed by atoms with Gasteiger partial charge in [-0.05, 0) is 33.2 Å². The van der Waals surface area contributed by atoms with Crippen LogP contribution in [0, 0.1) is 0 Å². The molecule has 0 radical (unpaired) electrons. The zero-order valence-electron chi connectivity index (χ0n) is 10.8. The van der Waals surface area contributed by atoms with E-state index in [-0.39, 0.29) is 10.9 Å². The third kappa shape index (κ3) is 3.95. The van der Waals surface area contributed by atoms with E-state index in [0.717, 1.165) is 0 Å². The molecule has 0 spiro atoms. The van der Waals surface area contributed by atoms with Gasteiger partial charge in [-0.3, -0.25) is 5.84 Å². The van der Waals surface area contributed by atoms with Crippen molar-refractivity contribution in [3.63, 3.8) is 0 Å². The minimum absolute atomic E-state index is 0.151. The number of anilines is 1. The van der Waals surface area contributed by atoms with Crippen molar-refractivity contribution in [1.29, 1.82) is 0 Å². The molecule has 18 heavy (non-hydrogen) atoms. The van der Waals surface area contributed by atoms with E-state index < -0.39 is 10.0 Å². The molecule has 0 amide bonds. The Morgan fingerprint density at radius 2 is 1.94 bits per heavy atom. The molecule has 0 fully saturated rings. The molecule has 0 saturated carbocycles. The molecule has 7 heteroatoms. The number of benzene rings is 1. The van der Waals surface area contributed by atoms with Crippen LogP contribution >= 0.6 is 0 Å². The molecule has 0 aliphatic rings. The van der Waals surface area contributed by atoms with E-state index in [1.54, 1.807) is 18.2 Å². The summed E-state index contributed by atoms with van der Waals surface area (Å²) in [7, 11) is 0.211. The van der Waals surface area contributed by atoms with Crippen molar-refractivity contribution in [3.05, 3.63) is 24.3 Å². The number of sulfonamides is 1. The van der Waals surface area contributed by atoms with Crippen LogP contribution in [0.15, 0.2) is 29.2 Å². The Morgan fingerprint density at radius 3 is 2.50 bits per heavy atom. The van der Waals surface area contributed by atoms with Gasteiger partial charge >= 0.3 is 0 Å². The monoisotopic (exact) mass is 272 g/mol. The largest absolute Gasteiger partial charge is 0.323 e. The van der Waals surface area contributed by atoms with Crippen LogP contribution in [0.1, 0.15) is 6.92 Å². The summed E-state index contributed by atoms with van der Waals surface area (Å²) in [4.78, 5) is 2.07. The van der Waals surface area contributed by atoms with Crippen LogP contribution in [0.25, 0.3) is 0 Å². The molecule has 1 aromatic carbocycles. The van der Waals surface area contributed by atoms with Crippen LogP contribution in [0.4, 0.5) is 5.69 Å². The molecule has 0 aliphatic carbocycles. The molecule has 0 aromatic heterocycles. The van der Waals surface area contributed by atoms with Gasteiger partial charge in [-0.15, -0.1) is 0 Å². The fourth-order valence-electron chi connectivity index (χ4n) is 1.73. The Hall–Kier alpha value is -1.15. The van der Waals surface area contributed by atoms with E-state index in [2.05, 4.69) is 10.1 Å². The van der Waals surface area contributed by atoms with Gasteiger partial charge in [0.25, 0.3) is 0 Å². The molecular weight excluding hydrogens is 252 g/mol. The van der Waals surface area contributed by atoms with Crippen molar-refractivity contribution in [3.8, 4) is 0 Å². The van der Waals surface area contributed by atoms with Crippen LogP contribution in [0.2, 0.25) is 0 Å². The number of nitrogen functional groups attached to an aromatic ring is 1. The number of nitrogens with one attached hydrogen (secondary N) is 2. The minimum Gasteiger partial charge on any atom is -0.323 e. The quantitative estimate of drug-likeness (QED) is 0.509. The van der Waals surface area contributed by atoms with Gasteiger partial charge < -0.3 is 10.3 Å². The van der Waals surface area contributed by atoms with Gasteiger partial charge in [0.05, 0.1) is 5.69 Å². The maximum atomic E-state index is 12.2. The van der Waals surface area contributed by atoms with E-state index >= 15 is 0 Å². The number of hydrazine groups is 1. The molecule has 1 atom stereocenters. The van der Waals surface area contributed by atoms with Crippen molar-refractivity contribution in [1.82, 2.24) is 9.62 Å². The van der Waals surface area contributed by atoms with E-state index in [9.17, 15) is 8.42 Å². The fourth-order valence-corrected chi connectivity index (χ4v) is 3.14. The van der Waals surface area contributed by atoms with Crippen LogP contribution in [0.3, 0.4) is 0 Å². The Kier molecular flexibility index (Phi) is 5.09. The van der Waals surface area contributed by atoms with E-state index in [1.165, 1.54) is 6.07 Å². The van der Waals surface area contributed by atoms with Crippen molar-refractivity contribution >= 4 is 15.7 Å². The second kappa shape index (κ2) is 6.14. The van der Waals surface area contributed by atoms with Crippen LogP contribution < -0.4 is 16.0 Å². The molecular formula is C11H20N4O2S. The third-order valence-electron chi connectivity index (χ3n) is 2.33. The molecule has 0 aliphatic heterocycles. The SMILES string of the molecule is CC(CN(C)C)NS(=O)(=O)c1ccccc1NN. The highest BCUT2D eigenvalue weighted by atomic mass is 32.2. The molecule has 102 valence electrons. The Labute approximate surface area is 108 Å². The van der Waals surface area contributed by atoms with E-state index in [4.69, 9.17) is 5.84 Å². The lowest BCUT2D eigenvalue weighted by molar-refractivity contribution is 0.370. The van der Waals surface area contributed by atoms with Crippen LogP contribution in [-0.4, -0.2) is 40.0 Å². The summed E-state index contributed by atoms with van der Waals surface area (Å²) in [6.45, 7) is 2.44. The average Bonchev–Trinajstić information content (AvgIpc) is 2.27. The Balaban J connectivity index is 2.93. The van der Waals surface area contributed by atoms with Gasteiger partial charge in [0, 0.05) is 12.6 Å². The highest BCUT2D eigenvalue weighted by molar-refractivity contribution is 7.89. The van der Waals surface area contributed by atoms with Crippen molar-refractivity contribution < 1.29 is 8.42 Å². The Bertz CT molecular complexity index is 488. The second-order valence-corrected chi connectivity index (χ2v) is 6.11. The summed E-state index contributed by atoms with van der Waals surface area (Å²) < 4.78 is 27.0. The summed E-state index contributed by atoms with van der Waals surface area (Å²) in [6.07, 6.45) is 0. The molecule has 1 unspecified atom stereocenters. The van der Waals surface area contributed by atoms with Gasteiger partial charge in [0.1, 0.15) is 4.90 Å². The first-order chi connectivity index (χ1) is 8.36. The summed E-state index contributed by atoms with van der Waals surface area (Å²) >= 11 is 0. The van der Waals surface area contributed by atoms with Crippen molar-refractivity contribution in [2.45, 2.75) is 17.9 Å². The van der Waals surface area contributed by atoms with E-state index in [1.807, 2.05) is 25.9 Å². The molecule has 6 nitrogen and oxygen atoms in total. The molecule has 0 heterocycles. The minimum atomic E-state index is -3.57. The van der Waals surface area contributed by atoms with Gasteiger partial charge in [-0.1, -0.05) is 12.1 Å².